The van der Waals surface area contributed by atoms with Gasteiger partial charge in [0, 0.05) is 10.7 Å². The van der Waals surface area contributed by atoms with Crippen LogP contribution < -0.4 is 5.43 Å². The van der Waals surface area contributed by atoms with Crippen LogP contribution in [0.3, 0.4) is 0 Å². The fourth-order valence-electron chi connectivity index (χ4n) is 1.67. The van der Waals surface area contributed by atoms with Crippen molar-refractivity contribution in [3.63, 3.8) is 0 Å². The van der Waals surface area contributed by atoms with Crippen LogP contribution in [0.1, 0.15) is 45.1 Å². The normalized spacial score (nSPS) is 11.4. The summed E-state index contributed by atoms with van der Waals surface area (Å²) in [7, 11) is 0. The monoisotopic (exact) mass is 280 g/mol. The summed E-state index contributed by atoms with van der Waals surface area (Å²) in [6.45, 7) is 4.11. The van der Waals surface area contributed by atoms with Gasteiger partial charge < -0.3 is 0 Å². The van der Waals surface area contributed by atoms with Crippen LogP contribution >= 0.6 is 11.6 Å². The Hall–Kier alpha value is -1.35. The molecule has 0 atom stereocenters. The molecule has 104 valence electrons. The van der Waals surface area contributed by atoms with E-state index in [9.17, 15) is 4.79 Å². The van der Waals surface area contributed by atoms with E-state index in [2.05, 4.69) is 17.5 Å². The van der Waals surface area contributed by atoms with Gasteiger partial charge >= 0.3 is 0 Å². The third-order valence-corrected chi connectivity index (χ3v) is 3.04. The molecule has 4 heteroatoms. The van der Waals surface area contributed by atoms with Crippen molar-refractivity contribution in [3.8, 4) is 0 Å². The minimum absolute atomic E-state index is 0.0998. The van der Waals surface area contributed by atoms with Crippen molar-refractivity contribution in [2.24, 2.45) is 5.10 Å². The summed E-state index contributed by atoms with van der Waals surface area (Å²) in [6, 6.07) is 7.26. The average Bonchev–Trinajstić information content (AvgIpc) is 2.39. The van der Waals surface area contributed by atoms with Crippen molar-refractivity contribution < 1.29 is 4.79 Å². The van der Waals surface area contributed by atoms with Gasteiger partial charge in [0.05, 0.1) is 6.42 Å². The SMILES string of the molecule is CCCCC/C(C)=N/NC(=O)Cc1ccc(Cl)cc1. The molecule has 0 bridgehead atoms. The number of benzene rings is 1. The summed E-state index contributed by atoms with van der Waals surface area (Å²) in [5.41, 5.74) is 4.49. The number of hydrogen-bond donors (Lipinski definition) is 1. The molecule has 1 N–H and O–H groups in total. The molecule has 0 aliphatic carbocycles. The summed E-state index contributed by atoms with van der Waals surface area (Å²) < 4.78 is 0. The van der Waals surface area contributed by atoms with Crippen molar-refractivity contribution in [1.82, 2.24) is 5.43 Å². The molecule has 0 spiro atoms. The van der Waals surface area contributed by atoms with Crippen LogP contribution in [-0.2, 0) is 11.2 Å². The molecule has 0 unspecified atom stereocenters. The number of rotatable bonds is 7. The van der Waals surface area contributed by atoms with Gasteiger partial charge in [-0.1, -0.05) is 43.5 Å². The van der Waals surface area contributed by atoms with Crippen molar-refractivity contribution in [3.05, 3.63) is 34.9 Å². The molecule has 3 nitrogen and oxygen atoms in total. The third kappa shape index (κ3) is 6.97. The second kappa shape index (κ2) is 8.70. The van der Waals surface area contributed by atoms with Crippen molar-refractivity contribution >= 4 is 23.2 Å². The zero-order chi connectivity index (χ0) is 14.1. The number of halogens is 1. The quantitative estimate of drug-likeness (QED) is 0.458. The molecule has 0 aromatic heterocycles. The predicted octanol–water partition coefficient (Wildman–Crippen LogP) is 3.95. The Bertz CT molecular complexity index is 426. The van der Waals surface area contributed by atoms with Gasteiger partial charge in [0.25, 0.3) is 0 Å². The number of amides is 1. The Kier molecular flexibility index (Phi) is 7.19. The highest BCUT2D eigenvalue weighted by molar-refractivity contribution is 6.30. The van der Waals surface area contributed by atoms with E-state index >= 15 is 0 Å². The minimum Gasteiger partial charge on any atom is -0.273 e. The Morgan fingerprint density at radius 1 is 1.26 bits per heavy atom. The minimum atomic E-state index is -0.0998. The zero-order valence-electron chi connectivity index (χ0n) is 11.6. The van der Waals surface area contributed by atoms with E-state index in [4.69, 9.17) is 11.6 Å². The Morgan fingerprint density at radius 3 is 2.58 bits per heavy atom. The fraction of sp³-hybridized carbons (Fsp3) is 0.467. The number of unbranched alkanes of at least 4 members (excludes halogenated alkanes) is 2. The van der Waals surface area contributed by atoms with Crippen LogP contribution in [0, 0.1) is 0 Å². The standard InChI is InChI=1S/C15H21ClN2O/c1-3-4-5-6-12(2)17-18-15(19)11-13-7-9-14(16)10-8-13/h7-10H,3-6,11H2,1-2H3,(H,18,19)/b17-12+. The first-order chi connectivity index (χ1) is 9.11. The second-order valence-electron chi connectivity index (χ2n) is 4.64. The largest absolute Gasteiger partial charge is 0.273 e. The lowest BCUT2D eigenvalue weighted by atomic mass is 10.1. The topological polar surface area (TPSA) is 41.5 Å². The molecule has 1 aromatic carbocycles. The Balaban J connectivity index is 2.34. The van der Waals surface area contributed by atoms with E-state index in [0.717, 1.165) is 24.1 Å². The maximum absolute atomic E-state index is 11.7. The first-order valence-electron chi connectivity index (χ1n) is 6.68. The summed E-state index contributed by atoms with van der Waals surface area (Å²) in [5.74, 6) is -0.0998. The number of nitrogens with zero attached hydrogens (tertiary/aromatic N) is 1. The van der Waals surface area contributed by atoms with E-state index in [1.807, 2.05) is 19.1 Å². The fourth-order valence-corrected chi connectivity index (χ4v) is 1.80. The van der Waals surface area contributed by atoms with Crippen LogP contribution in [0.15, 0.2) is 29.4 Å². The molecule has 1 rings (SSSR count). The maximum Gasteiger partial charge on any atom is 0.244 e. The van der Waals surface area contributed by atoms with Gasteiger partial charge in [-0.3, -0.25) is 4.79 Å². The number of carbonyl (C=O) groups is 1. The number of nitrogens with one attached hydrogen (secondary N) is 1. The zero-order valence-corrected chi connectivity index (χ0v) is 12.3. The number of hydrogen-bond acceptors (Lipinski definition) is 2. The van der Waals surface area contributed by atoms with Gasteiger partial charge in [-0.15, -0.1) is 0 Å². The lowest BCUT2D eigenvalue weighted by Gasteiger charge is -2.03. The smallest absolute Gasteiger partial charge is 0.244 e. The molecule has 0 fully saturated rings. The van der Waals surface area contributed by atoms with Crippen LogP contribution in [-0.4, -0.2) is 11.6 Å². The highest BCUT2D eigenvalue weighted by atomic mass is 35.5. The highest BCUT2D eigenvalue weighted by Crippen LogP contribution is 2.09. The predicted molar refractivity (Wildman–Crippen MR) is 80.5 cm³/mol. The van der Waals surface area contributed by atoms with Crippen molar-refractivity contribution in [2.45, 2.75) is 46.0 Å². The van der Waals surface area contributed by atoms with Crippen LogP contribution in [0.2, 0.25) is 5.02 Å². The second-order valence-corrected chi connectivity index (χ2v) is 5.08. The molecule has 0 saturated heterocycles. The maximum atomic E-state index is 11.7. The molecule has 19 heavy (non-hydrogen) atoms. The molecule has 0 radical (unpaired) electrons. The molecule has 1 amide bonds. The lowest BCUT2D eigenvalue weighted by Crippen LogP contribution is -2.21. The van der Waals surface area contributed by atoms with Crippen LogP contribution in [0.4, 0.5) is 0 Å². The van der Waals surface area contributed by atoms with Crippen LogP contribution in [0.25, 0.3) is 0 Å². The van der Waals surface area contributed by atoms with Gasteiger partial charge in [-0.2, -0.15) is 5.10 Å². The molecule has 0 aliphatic heterocycles. The van der Waals surface area contributed by atoms with Gasteiger partial charge in [0.15, 0.2) is 0 Å². The molecular weight excluding hydrogens is 260 g/mol. The number of hydrazone groups is 1. The lowest BCUT2D eigenvalue weighted by molar-refractivity contribution is -0.120. The van der Waals surface area contributed by atoms with Gasteiger partial charge in [0.2, 0.25) is 5.91 Å². The van der Waals surface area contributed by atoms with E-state index in [1.165, 1.54) is 12.8 Å². The average molecular weight is 281 g/mol. The molecule has 1 aromatic rings. The van der Waals surface area contributed by atoms with Gasteiger partial charge in [0.1, 0.15) is 0 Å². The summed E-state index contributed by atoms with van der Waals surface area (Å²) in [4.78, 5) is 11.7. The Labute approximate surface area is 120 Å². The summed E-state index contributed by atoms with van der Waals surface area (Å²) >= 11 is 5.79. The first kappa shape index (κ1) is 15.7. The van der Waals surface area contributed by atoms with Crippen molar-refractivity contribution in [2.75, 3.05) is 0 Å². The molecular formula is C15H21ClN2O. The van der Waals surface area contributed by atoms with E-state index < -0.39 is 0 Å². The number of carbonyl (C=O) groups excluding carboxylic acids is 1. The molecule has 0 aliphatic rings. The van der Waals surface area contributed by atoms with Gasteiger partial charge in [-0.05, 0) is 37.5 Å². The van der Waals surface area contributed by atoms with E-state index in [-0.39, 0.29) is 5.91 Å². The third-order valence-electron chi connectivity index (χ3n) is 2.79. The van der Waals surface area contributed by atoms with E-state index in [1.54, 1.807) is 12.1 Å². The van der Waals surface area contributed by atoms with Gasteiger partial charge in [-0.25, -0.2) is 5.43 Å². The molecule has 0 saturated carbocycles. The summed E-state index contributed by atoms with van der Waals surface area (Å²) in [5, 5.41) is 4.78. The van der Waals surface area contributed by atoms with Crippen molar-refractivity contribution in [1.29, 1.82) is 0 Å². The first-order valence-corrected chi connectivity index (χ1v) is 7.06. The molecule has 0 heterocycles. The van der Waals surface area contributed by atoms with Crippen LogP contribution in [0.5, 0.6) is 0 Å². The van der Waals surface area contributed by atoms with E-state index in [0.29, 0.717) is 11.4 Å². The summed E-state index contributed by atoms with van der Waals surface area (Å²) in [6.07, 6.45) is 4.78. The Morgan fingerprint density at radius 2 is 1.95 bits per heavy atom. The highest BCUT2D eigenvalue weighted by Gasteiger charge is 2.02.